The van der Waals surface area contributed by atoms with Crippen LogP contribution in [-0.2, 0) is 5.60 Å². The minimum absolute atomic E-state index is 0.130. The fourth-order valence-electron chi connectivity index (χ4n) is 5.48. The van der Waals surface area contributed by atoms with Crippen LogP contribution in [-0.4, -0.2) is 29.1 Å². The third-order valence-corrected chi connectivity index (χ3v) is 6.52. The molecule has 0 radical (unpaired) electrons. The Labute approximate surface area is 160 Å². The molecule has 2 nitrogen and oxygen atoms in total. The van der Waals surface area contributed by atoms with Gasteiger partial charge in [0.15, 0.2) is 0 Å². The molecule has 1 heterocycles. The first kappa shape index (κ1) is 19.5. The van der Waals surface area contributed by atoms with E-state index < -0.39 is 5.60 Å². The highest BCUT2D eigenvalue weighted by Crippen LogP contribution is 2.52. The Morgan fingerprint density at radius 2 is 1.85 bits per heavy atom. The van der Waals surface area contributed by atoms with Crippen molar-refractivity contribution in [3.63, 3.8) is 0 Å². The number of hydrogen-bond acceptors (Lipinski definition) is 2. The molecule has 2 bridgehead atoms. The van der Waals surface area contributed by atoms with Gasteiger partial charge in [0.25, 0.3) is 0 Å². The summed E-state index contributed by atoms with van der Waals surface area (Å²) in [5.74, 6) is 6.81. The van der Waals surface area contributed by atoms with Crippen LogP contribution in [0, 0.1) is 28.6 Å². The van der Waals surface area contributed by atoms with E-state index in [1.54, 1.807) is 0 Å². The molecule has 1 N–H and O–H groups in total. The summed E-state index contributed by atoms with van der Waals surface area (Å²) >= 11 is 0. The van der Waals surface area contributed by atoms with Crippen LogP contribution in [0.5, 0.6) is 0 Å². The molecule has 1 saturated heterocycles. The molecule has 1 aliphatic heterocycles. The lowest BCUT2D eigenvalue weighted by Gasteiger charge is -2.39. The minimum atomic E-state index is -0.872. The van der Waals surface area contributed by atoms with Crippen LogP contribution < -0.4 is 0 Å². The van der Waals surface area contributed by atoms with E-state index in [4.69, 9.17) is 0 Å². The molecule has 3 rings (SSSR count). The van der Waals surface area contributed by atoms with Gasteiger partial charge in [0.2, 0.25) is 0 Å². The van der Waals surface area contributed by atoms with Gasteiger partial charge in [0.1, 0.15) is 5.60 Å². The molecule has 1 aromatic rings. The van der Waals surface area contributed by atoms with Crippen LogP contribution in [0.15, 0.2) is 30.3 Å². The number of nitrogens with zero attached hydrogens (tertiary/aromatic N) is 1. The van der Waals surface area contributed by atoms with Crippen LogP contribution in [0.1, 0.15) is 65.9 Å². The highest BCUT2D eigenvalue weighted by molar-refractivity contribution is 5.25. The third-order valence-electron chi connectivity index (χ3n) is 6.52. The van der Waals surface area contributed by atoms with Gasteiger partial charge in [-0.3, -0.25) is 4.90 Å². The Balaban J connectivity index is 1.65. The van der Waals surface area contributed by atoms with Crippen LogP contribution in [0.3, 0.4) is 0 Å². The Bertz CT molecular complexity index is 683. The van der Waals surface area contributed by atoms with Crippen molar-refractivity contribution in [2.24, 2.45) is 16.7 Å². The molecule has 0 spiro atoms. The van der Waals surface area contributed by atoms with Gasteiger partial charge in [-0.15, -0.1) is 0 Å². The van der Waals surface area contributed by atoms with Gasteiger partial charge >= 0.3 is 0 Å². The normalized spacial score (nSPS) is 29.9. The smallest absolute Gasteiger partial charge is 0.103 e. The number of likely N-dealkylation sites (tertiary alicyclic amines) is 1. The Morgan fingerprint density at radius 1 is 1.15 bits per heavy atom. The Hall–Kier alpha value is -1.30. The molecule has 0 aromatic heterocycles. The van der Waals surface area contributed by atoms with Crippen LogP contribution >= 0.6 is 0 Å². The third kappa shape index (κ3) is 4.00. The van der Waals surface area contributed by atoms with Crippen molar-refractivity contribution < 1.29 is 5.11 Å². The maximum atomic E-state index is 11.2. The van der Waals surface area contributed by atoms with E-state index in [-0.39, 0.29) is 5.92 Å². The standard InChI is InChI=1S/C24H35NO/c1-19(2)24(26,20-11-7-6-8-12-20)13-9-10-14-25-18-23(5)16-21(25)15-22(3,4)17-23/h6-8,11-12,19,21,26H,13-18H2,1-5H3/t21-,23-,24-/m1/s1. The maximum absolute atomic E-state index is 11.2. The second kappa shape index (κ2) is 7.02. The Kier molecular flexibility index (Phi) is 5.26. The van der Waals surface area contributed by atoms with E-state index in [9.17, 15) is 5.11 Å². The van der Waals surface area contributed by atoms with Gasteiger partial charge in [-0.05, 0) is 41.6 Å². The summed E-state index contributed by atoms with van der Waals surface area (Å²) in [6.07, 6.45) is 4.42. The van der Waals surface area contributed by atoms with Gasteiger partial charge in [-0.25, -0.2) is 0 Å². The second-order valence-electron chi connectivity index (χ2n) is 10.1. The number of hydrogen-bond donors (Lipinski definition) is 1. The molecular weight excluding hydrogens is 318 g/mol. The molecule has 1 aliphatic carbocycles. The number of aliphatic hydroxyl groups is 1. The summed E-state index contributed by atoms with van der Waals surface area (Å²) < 4.78 is 0. The van der Waals surface area contributed by atoms with Gasteiger partial charge in [-0.2, -0.15) is 0 Å². The minimum Gasteiger partial charge on any atom is -0.384 e. The lowest BCUT2D eigenvalue weighted by atomic mass is 9.65. The predicted molar refractivity (Wildman–Crippen MR) is 109 cm³/mol. The topological polar surface area (TPSA) is 23.5 Å². The van der Waals surface area contributed by atoms with E-state index in [1.807, 2.05) is 30.3 Å². The average molecular weight is 354 g/mol. The van der Waals surface area contributed by atoms with Crippen LogP contribution in [0.2, 0.25) is 0 Å². The fraction of sp³-hybridized carbons (Fsp3) is 0.667. The Morgan fingerprint density at radius 3 is 2.50 bits per heavy atom. The first-order valence-corrected chi connectivity index (χ1v) is 10.1. The summed E-state index contributed by atoms with van der Waals surface area (Å²) in [5, 5.41) is 11.2. The first-order valence-electron chi connectivity index (χ1n) is 10.1. The summed E-state index contributed by atoms with van der Waals surface area (Å²) in [6, 6.07) is 10.7. The molecule has 1 aromatic carbocycles. The highest BCUT2D eigenvalue weighted by Gasteiger charge is 2.49. The zero-order chi connectivity index (χ0) is 19.0. The van der Waals surface area contributed by atoms with Crippen molar-refractivity contribution >= 4 is 0 Å². The molecule has 2 aliphatic rings. The first-order chi connectivity index (χ1) is 12.1. The maximum Gasteiger partial charge on any atom is 0.103 e. The van der Waals surface area contributed by atoms with Crippen molar-refractivity contribution in [1.29, 1.82) is 0 Å². The molecular formula is C24H35NO. The molecule has 1 saturated carbocycles. The van der Waals surface area contributed by atoms with Crippen molar-refractivity contribution in [3.05, 3.63) is 35.9 Å². The van der Waals surface area contributed by atoms with Crippen LogP contribution in [0.25, 0.3) is 0 Å². The molecule has 2 heteroatoms. The van der Waals surface area contributed by atoms with E-state index in [2.05, 4.69) is 51.4 Å². The van der Waals surface area contributed by atoms with E-state index in [0.717, 1.165) is 12.1 Å². The largest absolute Gasteiger partial charge is 0.384 e. The van der Waals surface area contributed by atoms with Crippen molar-refractivity contribution in [2.45, 2.75) is 71.9 Å². The summed E-state index contributed by atoms with van der Waals surface area (Å²) in [4.78, 5) is 2.58. The van der Waals surface area contributed by atoms with E-state index in [1.165, 1.54) is 25.8 Å². The van der Waals surface area contributed by atoms with Crippen molar-refractivity contribution in [2.75, 3.05) is 13.1 Å². The van der Waals surface area contributed by atoms with Gasteiger partial charge in [-0.1, -0.05) is 76.8 Å². The highest BCUT2D eigenvalue weighted by atomic mass is 16.3. The second-order valence-corrected chi connectivity index (χ2v) is 10.1. The molecule has 142 valence electrons. The summed E-state index contributed by atoms with van der Waals surface area (Å²) in [5.41, 5.74) is 1.00. The quantitative estimate of drug-likeness (QED) is 0.784. The average Bonchev–Trinajstić information content (AvgIpc) is 2.80. The number of benzene rings is 1. The fourth-order valence-corrected chi connectivity index (χ4v) is 5.48. The lowest BCUT2D eigenvalue weighted by Crippen LogP contribution is -2.35. The lowest BCUT2D eigenvalue weighted by molar-refractivity contribution is -0.00533. The van der Waals surface area contributed by atoms with Gasteiger partial charge < -0.3 is 5.11 Å². The molecule has 26 heavy (non-hydrogen) atoms. The monoisotopic (exact) mass is 353 g/mol. The van der Waals surface area contributed by atoms with Gasteiger partial charge in [0.05, 0.1) is 6.54 Å². The van der Waals surface area contributed by atoms with Crippen molar-refractivity contribution in [1.82, 2.24) is 4.90 Å². The molecule has 2 fully saturated rings. The SMILES string of the molecule is CC(C)[C@](O)(CC#CCN1C[C@]2(C)C[C@H]1CC(C)(C)C2)c1ccccc1. The van der Waals surface area contributed by atoms with Crippen LogP contribution in [0.4, 0.5) is 0 Å². The van der Waals surface area contributed by atoms with E-state index in [0.29, 0.717) is 23.3 Å². The predicted octanol–water partition coefficient (Wildman–Crippen LogP) is 4.82. The molecule has 3 atom stereocenters. The zero-order valence-electron chi connectivity index (χ0n) is 17.2. The number of fused-ring (bicyclic) bond motifs is 2. The van der Waals surface area contributed by atoms with Gasteiger partial charge in [0, 0.05) is 19.0 Å². The van der Waals surface area contributed by atoms with E-state index >= 15 is 0 Å². The van der Waals surface area contributed by atoms with Crippen molar-refractivity contribution in [3.8, 4) is 11.8 Å². The molecule has 0 unspecified atom stereocenters. The summed E-state index contributed by atoms with van der Waals surface area (Å²) in [7, 11) is 0. The molecule has 0 amide bonds. The number of rotatable bonds is 4. The summed E-state index contributed by atoms with van der Waals surface area (Å²) in [6.45, 7) is 13.4. The zero-order valence-corrected chi connectivity index (χ0v) is 17.2.